The summed E-state index contributed by atoms with van der Waals surface area (Å²) in [6.07, 6.45) is 3.19. The van der Waals surface area contributed by atoms with Crippen molar-refractivity contribution in [2.24, 2.45) is 0 Å². The van der Waals surface area contributed by atoms with Gasteiger partial charge in [-0.15, -0.1) is 0 Å². The highest BCUT2D eigenvalue weighted by atomic mass is 79.9. The van der Waals surface area contributed by atoms with Crippen LogP contribution in [0.2, 0.25) is 0 Å². The maximum atomic E-state index is 4.66. The molecule has 1 aromatic carbocycles. The van der Waals surface area contributed by atoms with E-state index in [4.69, 9.17) is 0 Å². The van der Waals surface area contributed by atoms with Gasteiger partial charge in [-0.3, -0.25) is 0 Å². The van der Waals surface area contributed by atoms with Gasteiger partial charge < -0.3 is 4.90 Å². The number of nitrogens with zero attached hydrogens (tertiary/aromatic N) is 2. The number of halogens is 1. The first-order valence-corrected chi connectivity index (χ1v) is 8.21. The molecule has 20 heavy (non-hydrogen) atoms. The van der Waals surface area contributed by atoms with Gasteiger partial charge in [-0.2, -0.15) is 0 Å². The standard InChI is InChI=1S/C17H19BrN2/c1-13-9-14(10-18)11-19-17(13)20-8-7-16(12-20)15-5-3-2-4-6-15/h2-6,9,11,16H,7-8,10,12H2,1H3. The Bertz CT molecular complexity index is 583. The van der Waals surface area contributed by atoms with Crippen molar-refractivity contribution in [2.75, 3.05) is 18.0 Å². The molecule has 1 aliphatic heterocycles. The number of aryl methyl sites for hydroxylation is 1. The summed E-state index contributed by atoms with van der Waals surface area (Å²) in [6, 6.07) is 13.1. The van der Waals surface area contributed by atoms with Crippen LogP contribution in [0.5, 0.6) is 0 Å². The molecule has 0 bridgehead atoms. The molecule has 1 aliphatic rings. The van der Waals surface area contributed by atoms with Crippen LogP contribution >= 0.6 is 15.9 Å². The van der Waals surface area contributed by atoms with Crippen LogP contribution in [0, 0.1) is 6.92 Å². The van der Waals surface area contributed by atoms with Gasteiger partial charge in [0.2, 0.25) is 0 Å². The summed E-state index contributed by atoms with van der Waals surface area (Å²) in [5.74, 6) is 1.78. The molecule has 1 saturated heterocycles. The Hall–Kier alpha value is -1.35. The van der Waals surface area contributed by atoms with Crippen LogP contribution in [0.1, 0.15) is 29.0 Å². The lowest BCUT2D eigenvalue weighted by Gasteiger charge is -2.20. The summed E-state index contributed by atoms with van der Waals surface area (Å²) in [7, 11) is 0. The SMILES string of the molecule is Cc1cc(CBr)cnc1N1CCC(c2ccccc2)C1. The number of hydrogen-bond donors (Lipinski definition) is 0. The van der Waals surface area contributed by atoms with Gasteiger partial charge >= 0.3 is 0 Å². The molecular formula is C17H19BrN2. The first-order chi connectivity index (χ1) is 9.78. The van der Waals surface area contributed by atoms with Gasteiger partial charge in [-0.1, -0.05) is 52.3 Å². The van der Waals surface area contributed by atoms with Gasteiger partial charge in [-0.05, 0) is 30.0 Å². The number of alkyl halides is 1. The van der Waals surface area contributed by atoms with Crippen LogP contribution in [-0.4, -0.2) is 18.1 Å². The second kappa shape index (κ2) is 5.96. The maximum absolute atomic E-state index is 4.66. The van der Waals surface area contributed by atoms with Gasteiger partial charge in [0.15, 0.2) is 0 Å². The fourth-order valence-corrected chi connectivity index (χ4v) is 3.29. The maximum Gasteiger partial charge on any atom is 0.131 e. The van der Waals surface area contributed by atoms with Crippen LogP contribution in [0.25, 0.3) is 0 Å². The first-order valence-electron chi connectivity index (χ1n) is 7.09. The van der Waals surface area contributed by atoms with Gasteiger partial charge in [0.05, 0.1) is 0 Å². The summed E-state index contributed by atoms with van der Waals surface area (Å²) in [4.78, 5) is 7.08. The van der Waals surface area contributed by atoms with E-state index in [1.807, 2.05) is 6.20 Å². The normalized spacial score (nSPS) is 18.5. The van der Waals surface area contributed by atoms with E-state index in [-0.39, 0.29) is 0 Å². The van der Waals surface area contributed by atoms with Crippen LogP contribution in [0.15, 0.2) is 42.6 Å². The van der Waals surface area contributed by atoms with E-state index in [1.54, 1.807) is 0 Å². The molecule has 0 aliphatic carbocycles. The third kappa shape index (κ3) is 2.73. The average molecular weight is 331 g/mol. The van der Waals surface area contributed by atoms with E-state index in [0.717, 1.165) is 24.2 Å². The van der Waals surface area contributed by atoms with Crippen LogP contribution in [0.4, 0.5) is 5.82 Å². The van der Waals surface area contributed by atoms with Crippen molar-refractivity contribution in [1.29, 1.82) is 0 Å². The Labute approximate surface area is 129 Å². The molecule has 1 unspecified atom stereocenters. The Morgan fingerprint density at radius 1 is 1.30 bits per heavy atom. The van der Waals surface area contributed by atoms with Crippen molar-refractivity contribution >= 4 is 21.7 Å². The van der Waals surface area contributed by atoms with E-state index >= 15 is 0 Å². The number of pyridine rings is 1. The minimum absolute atomic E-state index is 0.633. The average Bonchev–Trinajstić information content (AvgIpc) is 2.97. The highest BCUT2D eigenvalue weighted by molar-refractivity contribution is 9.08. The Balaban J connectivity index is 1.77. The van der Waals surface area contributed by atoms with Crippen molar-refractivity contribution in [2.45, 2.75) is 24.6 Å². The minimum atomic E-state index is 0.633. The lowest BCUT2D eigenvalue weighted by atomic mass is 9.99. The number of hydrogen-bond acceptors (Lipinski definition) is 2. The first kappa shape index (κ1) is 13.6. The third-order valence-corrected chi connectivity index (χ3v) is 4.67. The summed E-state index contributed by atoms with van der Waals surface area (Å²) in [6.45, 7) is 4.33. The topological polar surface area (TPSA) is 16.1 Å². The van der Waals surface area contributed by atoms with Crippen molar-refractivity contribution in [3.63, 3.8) is 0 Å². The molecule has 0 N–H and O–H groups in total. The van der Waals surface area contributed by atoms with Crippen LogP contribution in [-0.2, 0) is 5.33 Å². The quantitative estimate of drug-likeness (QED) is 0.781. The van der Waals surface area contributed by atoms with Crippen LogP contribution in [0.3, 0.4) is 0 Å². The number of aromatic nitrogens is 1. The molecule has 0 amide bonds. The predicted molar refractivity (Wildman–Crippen MR) is 87.6 cm³/mol. The van der Waals surface area contributed by atoms with Gasteiger partial charge in [0.1, 0.15) is 5.82 Å². The number of anilines is 1. The van der Waals surface area contributed by atoms with Gasteiger partial charge in [-0.25, -0.2) is 4.98 Å². The number of rotatable bonds is 3. The summed E-state index contributed by atoms with van der Waals surface area (Å²) in [5, 5.41) is 0.869. The molecule has 2 aromatic rings. The third-order valence-electron chi connectivity index (χ3n) is 4.02. The minimum Gasteiger partial charge on any atom is -0.356 e. The van der Waals surface area contributed by atoms with Crippen molar-refractivity contribution in [3.05, 3.63) is 59.3 Å². The molecule has 3 rings (SSSR count). The molecule has 0 radical (unpaired) electrons. The molecule has 1 fully saturated rings. The van der Waals surface area contributed by atoms with E-state index in [0.29, 0.717) is 5.92 Å². The monoisotopic (exact) mass is 330 g/mol. The second-order valence-electron chi connectivity index (χ2n) is 5.46. The lowest BCUT2D eigenvalue weighted by Crippen LogP contribution is -2.21. The van der Waals surface area contributed by atoms with E-state index in [2.05, 4.69) is 69.1 Å². The molecule has 0 spiro atoms. The molecule has 1 atom stereocenters. The van der Waals surface area contributed by atoms with Gasteiger partial charge in [0, 0.05) is 30.5 Å². The largest absolute Gasteiger partial charge is 0.356 e. The molecule has 2 heterocycles. The van der Waals surface area contributed by atoms with E-state index in [1.165, 1.54) is 23.1 Å². The zero-order chi connectivity index (χ0) is 13.9. The van der Waals surface area contributed by atoms with Crippen molar-refractivity contribution < 1.29 is 0 Å². The highest BCUT2D eigenvalue weighted by Crippen LogP contribution is 2.31. The molecule has 2 nitrogen and oxygen atoms in total. The van der Waals surface area contributed by atoms with Crippen molar-refractivity contribution in [3.8, 4) is 0 Å². The van der Waals surface area contributed by atoms with Crippen molar-refractivity contribution in [1.82, 2.24) is 4.98 Å². The zero-order valence-electron chi connectivity index (χ0n) is 11.7. The Kier molecular flexibility index (Phi) is 4.06. The van der Waals surface area contributed by atoms with E-state index < -0.39 is 0 Å². The molecule has 104 valence electrons. The number of benzene rings is 1. The second-order valence-corrected chi connectivity index (χ2v) is 6.02. The van der Waals surface area contributed by atoms with E-state index in [9.17, 15) is 0 Å². The molecule has 3 heteroatoms. The van der Waals surface area contributed by atoms with Crippen LogP contribution < -0.4 is 4.90 Å². The summed E-state index contributed by atoms with van der Waals surface area (Å²) in [5.41, 5.74) is 3.96. The lowest BCUT2D eigenvalue weighted by molar-refractivity contribution is 0.774. The molecule has 1 aromatic heterocycles. The van der Waals surface area contributed by atoms with Gasteiger partial charge in [0.25, 0.3) is 0 Å². The fraction of sp³-hybridized carbons (Fsp3) is 0.353. The highest BCUT2D eigenvalue weighted by Gasteiger charge is 2.25. The predicted octanol–water partition coefficient (Wildman–Crippen LogP) is 4.28. The summed E-state index contributed by atoms with van der Waals surface area (Å²) < 4.78 is 0. The summed E-state index contributed by atoms with van der Waals surface area (Å²) >= 11 is 3.49. The molecular weight excluding hydrogens is 312 g/mol. The smallest absolute Gasteiger partial charge is 0.131 e. The molecule has 0 saturated carbocycles. The zero-order valence-corrected chi connectivity index (χ0v) is 13.3. The Morgan fingerprint density at radius 3 is 2.80 bits per heavy atom. The Morgan fingerprint density at radius 2 is 2.10 bits per heavy atom. The fourth-order valence-electron chi connectivity index (χ4n) is 2.98.